The molecule has 0 radical (unpaired) electrons. The molecule has 0 bridgehead atoms. The first-order chi connectivity index (χ1) is 17.7. The highest BCUT2D eigenvalue weighted by Gasteiger charge is 2.34. The van der Waals surface area contributed by atoms with Gasteiger partial charge in [-0.2, -0.15) is 13.2 Å². The van der Waals surface area contributed by atoms with Gasteiger partial charge in [0.15, 0.2) is 10.9 Å². The second kappa shape index (κ2) is 12.0. The fourth-order valence-corrected chi connectivity index (χ4v) is 4.93. The lowest BCUT2D eigenvalue weighted by Crippen LogP contribution is -2.46. The lowest BCUT2D eigenvalue weighted by atomic mass is 10.1. The third kappa shape index (κ3) is 7.23. The molecule has 0 aliphatic carbocycles. The lowest BCUT2D eigenvalue weighted by Gasteiger charge is -2.35. The van der Waals surface area contributed by atoms with Crippen molar-refractivity contribution in [2.24, 2.45) is 0 Å². The van der Waals surface area contributed by atoms with E-state index in [0.717, 1.165) is 48.6 Å². The molecule has 37 heavy (non-hydrogen) atoms. The number of thioether (sulfide) groups is 1. The number of carbonyl (C=O) groups is 1. The van der Waals surface area contributed by atoms with E-state index in [9.17, 15) is 18.0 Å². The van der Waals surface area contributed by atoms with Crippen molar-refractivity contribution >= 4 is 23.5 Å². The summed E-state index contributed by atoms with van der Waals surface area (Å²) in [5.41, 5.74) is 1.53. The Kier molecular flexibility index (Phi) is 8.71. The largest absolute Gasteiger partial charge is 0.433 e. The predicted octanol–water partition coefficient (Wildman–Crippen LogP) is 5.20. The Morgan fingerprint density at radius 2 is 1.65 bits per heavy atom. The number of hydrogen-bond acceptors (Lipinski definition) is 6. The Hall–Kier alpha value is -3.11. The third-order valence-corrected chi connectivity index (χ3v) is 7.22. The van der Waals surface area contributed by atoms with Gasteiger partial charge < -0.3 is 14.7 Å². The van der Waals surface area contributed by atoms with Crippen molar-refractivity contribution in [3.63, 3.8) is 0 Å². The fourth-order valence-electron chi connectivity index (χ4n) is 4.12. The summed E-state index contributed by atoms with van der Waals surface area (Å²) in [5, 5.41) is 0.0884. The number of nitrogens with zero attached hydrogens (tertiary/aromatic N) is 5. The van der Waals surface area contributed by atoms with Crippen LogP contribution in [0.25, 0.3) is 0 Å². The zero-order chi connectivity index (χ0) is 26.4. The van der Waals surface area contributed by atoms with Gasteiger partial charge in [0.05, 0.1) is 0 Å². The van der Waals surface area contributed by atoms with Crippen molar-refractivity contribution in [3.05, 3.63) is 83.0 Å². The SMILES string of the molecule is CCN1CCN(c2cc(C(F)(F)F)nc(SCc3ccc(C(=O)N(C)Cc4ccccc4)cc3)n2)CC1. The summed E-state index contributed by atoms with van der Waals surface area (Å²) in [6.45, 7) is 6.31. The Bertz CT molecular complexity index is 1180. The maximum Gasteiger partial charge on any atom is 0.433 e. The van der Waals surface area contributed by atoms with Crippen LogP contribution in [0.5, 0.6) is 0 Å². The van der Waals surface area contributed by atoms with Crippen LogP contribution in [0.4, 0.5) is 19.0 Å². The number of hydrogen-bond donors (Lipinski definition) is 0. The highest BCUT2D eigenvalue weighted by atomic mass is 32.2. The smallest absolute Gasteiger partial charge is 0.354 e. The van der Waals surface area contributed by atoms with Crippen LogP contribution >= 0.6 is 11.8 Å². The van der Waals surface area contributed by atoms with Crippen molar-refractivity contribution in [1.29, 1.82) is 0 Å². The Morgan fingerprint density at radius 1 is 0.973 bits per heavy atom. The van der Waals surface area contributed by atoms with Crippen LogP contribution in [0.1, 0.15) is 34.1 Å². The van der Waals surface area contributed by atoms with E-state index in [1.807, 2.05) is 47.4 Å². The van der Waals surface area contributed by atoms with Crippen LogP contribution in [-0.2, 0) is 18.5 Å². The number of likely N-dealkylation sites (N-methyl/N-ethyl adjacent to an activating group) is 1. The van der Waals surface area contributed by atoms with E-state index in [2.05, 4.69) is 21.8 Å². The van der Waals surface area contributed by atoms with Gasteiger partial charge in [0.1, 0.15) is 5.82 Å². The molecule has 10 heteroatoms. The minimum Gasteiger partial charge on any atom is -0.354 e. The molecule has 1 saturated heterocycles. The van der Waals surface area contributed by atoms with Crippen LogP contribution in [0.3, 0.4) is 0 Å². The van der Waals surface area contributed by atoms with Crippen molar-refractivity contribution < 1.29 is 18.0 Å². The van der Waals surface area contributed by atoms with E-state index in [0.29, 0.717) is 36.8 Å². The highest BCUT2D eigenvalue weighted by molar-refractivity contribution is 7.98. The standard InChI is InChI=1S/C27H30F3N5OS/c1-3-34-13-15-35(16-14-34)24-17-23(27(28,29)30)31-26(32-24)37-19-21-9-11-22(12-10-21)25(36)33(2)18-20-7-5-4-6-8-20/h4-12,17H,3,13-16,18-19H2,1-2H3. The number of halogens is 3. The molecule has 0 atom stereocenters. The van der Waals surface area contributed by atoms with Gasteiger partial charge in [-0.3, -0.25) is 4.79 Å². The Balaban J connectivity index is 1.41. The molecule has 1 aliphatic heterocycles. The third-order valence-electron chi connectivity index (χ3n) is 6.30. The summed E-state index contributed by atoms with van der Waals surface area (Å²) in [6, 6.07) is 17.9. The fraction of sp³-hybridized carbons (Fsp3) is 0.370. The summed E-state index contributed by atoms with van der Waals surface area (Å²) in [4.78, 5) is 26.8. The first kappa shape index (κ1) is 26.9. The van der Waals surface area contributed by atoms with Gasteiger partial charge in [-0.1, -0.05) is 61.2 Å². The van der Waals surface area contributed by atoms with Gasteiger partial charge in [0.25, 0.3) is 5.91 Å². The number of rotatable bonds is 8. The van der Waals surface area contributed by atoms with Gasteiger partial charge >= 0.3 is 6.18 Å². The molecule has 0 N–H and O–H groups in total. The van der Waals surface area contributed by atoms with E-state index in [1.54, 1.807) is 24.1 Å². The molecule has 1 amide bonds. The lowest BCUT2D eigenvalue weighted by molar-refractivity contribution is -0.141. The van der Waals surface area contributed by atoms with Gasteiger partial charge in [-0.15, -0.1) is 0 Å². The van der Waals surface area contributed by atoms with Crippen LogP contribution < -0.4 is 4.90 Å². The Morgan fingerprint density at radius 3 is 2.27 bits per heavy atom. The van der Waals surface area contributed by atoms with Gasteiger partial charge in [0, 0.05) is 57.2 Å². The molecule has 196 valence electrons. The maximum atomic E-state index is 13.6. The van der Waals surface area contributed by atoms with Crippen LogP contribution in [0, 0.1) is 0 Å². The Labute approximate surface area is 219 Å². The van der Waals surface area contributed by atoms with Crippen LogP contribution in [-0.4, -0.2) is 65.4 Å². The normalized spacial score (nSPS) is 14.6. The van der Waals surface area contributed by atoms with Crippen molar-refractivity contribution in [2.75, 3.05) is 44.7 Å². The summed E-state index contributed by atoms with van der Waals surface area (Å²) in [7, 11) is 1.75. The van der Waals surface area contributed by atoms with E-state index in [-0.39, 0.29) is 11.1 Å². The van der Waals surface area contributed by atoms with Crippen molar-refractivity contribution in [1.82, 2.24) is 19.8 Å². The van der Waals surface area contributed by atoms with Gasteiger partial charge in [0.2, 0.25) is 0 Å². The maximum absolute atomic E-state index is 13.6. The van der Waals surface area contributed by atoms with Crippen molar-refractivity contribution in [2.45, 2.75) is 30.6 Å². The van der Waals surface area contributed by atoms with Gasteiger partial charge in [-0.25, -0.2) is 9.97 Å². The summed E-state index contributed by atoms with van der Waals surface area (Å²) in [6.07, 6.45) is -4.55. The quantitative estimate of drug-likeness (QED) is 0.295. The van der Waals surface area contributed by atoms with Crippen molar-refractivity contribution in [3.8, 4) is 0 Å². The van der Waals surface area contributed by atoms with E-state index < -0.39 is 11.9 Å². The first-order valence-corrected chi connectivity index (χ1v) is 13.2. The summed E-state index contributed by atoms with van der Waals surface area (Å²) >= 11 is 1.15. The van der Waals surface area contributed by atoms with Crippen LogP contribution in [0.15, 0.2) is 65.8 Å². The van der Waals surface area contributed by atoms with E-state index in [1.165, 1.54) is 0 Å². The molecule has 4 rings (SSSR count). The van der Waals surface area contributed by atoms with E-state index in [4.69, 9.17) is 0 Å². The molecule has 1 aromatic heterocycles. The molecular weight excluding hydrogens is 499 g/mol. The summed E-state index contributed by atoms with van der Waals surface area (Å²) < 4.78 is 40.7. The average molecular weight is 530 g/mol. The number of carbonyl (C=O) groups excluding carboxylic acids is 1. The molecule has 2 aromatic carbocycles. The first-order valence-electron chi connectivity index (χ1n) is 12.2. The number of piperazine rings is 1. The number of anilines is 1. The molecule has 2 heterocycles. The molecule has 3 aromatic rings. The van der Waals surface area contributed by atoms with E-state index >= 15 is 0 Å². The number of aromatic nitrogens is 2. The summed E-state index contributed by atoms with van der Waals surface area (Å²) in [5.74, 6) is 0.596. The minimum atomic E-state index is -4.55. The topological polar surface area (TPSA) is 52.6 Å². The molecule has 6 nitrogen and oxygen atoms in total. The number of amides is 1. The zero-order valence-corrected chi connectivity index (χ0v) is 21.7. The molecule has 0 spiro atoms. The monoisotopic (exact) mass is 529 g/mol. The molecule has 0 unspecified atom stereocenters. The van der Waals surface area contributed by atoms with Gasteiger partial charge in [-0.05, 0) is 29.8 Å². The second-order valence-corrected chi connectivity index (χ2v) is 9.89. The predicted molar refractivity (Wildman–Crippen MR) is 140 cm³/mol. The molecule has 1 fully saturated rings. The highest BCUT2D eigenvalue weighted by Crippen LogP contribution is 2.32. The average Bonchev–Trinajstić information content (AvgIpc) is 2.91. The molecular formula is C27H30F3N5OS. The minimum absolute atomic E-state index is 0.0884. The zero-order valence-electron chi connectivity index (χ0n) is 20.9. The molecule has 1 aliphatic rings. The van der Waals surface area contributed by atoms with Crippen LogP contribution in [0.2, 0.25) is 0 Å². The number of benzene rings is 2. The second-order valence-electron chi connectivity index (χ2n) is 8.95. The molecule has 0 saturated carbocycles. The number of alkyl halides is 3.